The van der Waals surface area contributed by atoms with Gasteiger partial charge in [0.1, 0.15) is 17.6 Å². The number of para-hydroxylation sites is 1. The normalized spacial score (nSPS) is 9.88. The van der Waals surface area contributed by atoms with Gasteiger partial charge in [-0.25, -0.2) is 0 Å². The molecule has 1 heterocycles. The monoisotopic (exact) mass is 328 g/mol. The maximum absolute atomic E-state index is 11.8. The van der Waals surface area contributed by atoms with Crippen LogP contribution in [-0.2, 0) is 16.0 Å². The number of nitrogens with one attached hydrogen (secondary N) is 2. The lowest BCUT2D eigenvalue weighted by molar-refractivity contribution is -0.129. The van der Waals surface area contributed by atoms with Gasteiger partial charge in [-0.3, -0.25) is 20.4 Å². The second-order valence-corrected chi connectivity index (χ2v) is 4.97. The molecule has 2 N–H and O–H groups in total. The van der Waals surface area contributed by atoms with E-state index in [1.165, 1.54) is 0 Å². The van der Waals surface area contributed by atoms with Gasteiger partial charge >= 0.3 is 0 Å². The van der Waals surface area contributed by atoms with Gasteiger partial charge in [-0.15, -0.1) is 0 Å². The van der Waals surface area contributed by atoms with Crippen LogP contribution in [-0.4, -0.2) is 23.6 Å². The summed E-state index contributed by atoms with van der Waals surface area (Å²) in [6.45, 7) is 3.12. The number of rotatable bonds is 5. The highest BCUT2D eigenvalue weighted by atomic mass is 16.5. The first-order valence-corrected chi connectivity index (χ1v) is 7.12. The molecule has 1 aromatic carbocycles. The van der Waals surface area contributed by atoms with Crippen molar-refractivity contribution in [1.82, 2.24) is 16.0 Å². The second-order valence-electron chi connectivity index (χ2n) is 4.97. The van der Waals surface area contributed by atoms with E-state index in [-0.39, 0.29) is 13.0 Å². The minimum atomic E-state index is -0.546. The Kier molecular flexibility index (Phi) is 5.52. The molecule has 1 aromatic heterocycles. The average molecular weight is 328 g/mol. The number of benzene rings is 1. The van der Waals surface area contributed by atoms with Crippen molar-refractivity contribution >= 4 is 11.8 Å². The topological polar surface area (TPSA) is 117 Å². The Labute approximate surface area is 138 Å². The zero-order chi connectivity index (χ0) is 17.5. The Hall–Kier alpha value is -3.34. The van der Waals surface area contributed by atoms with E-state index in [1.54, 1.807) is 38.1 Å². The Bertz CT molecular complexity index is 772. The predicted molar refractivity (Wildman–Crippen MR) is 82.6 cm³/mol. The van der Waals surface area contributed by atoms with Crippen LogP contribution in [0.25, 0.3) is 0 Å². The fourth-order valence-corrected chi connectivity index (χ4v) is 1.96. The summed E-state index contributed by atoms with van der Waals surface area (Å²) in [6.07, 6.45) is 0.0412. The molecule has 0 saturated carbocycles. The largest absolute Gasteiger partial charge is 0.482 e. The molecule has 2 aromatic rings. The highest BCUT2D eigenvalue weighted by molar-refractivity contribution is 5.84. The first kappa shape index (κ1) is 17.0. The molecule has 0 spiro atoms. The number of nitriles is 1. The predicted octanol–water partition coefficient (Wildman–Crippen LogP) is 0.932. The van der Waals surface area contributed by atoms with E-state index in [9.17, 15) is 9.59 Å². The third kappa shape index (κ3) is 4.33. The van der Waals surface area contributed by atoms with E-state index in [4.69, 9.17) is 14.5 Å². The highest BCUT2D eigenvalue weighted by Gasteiger charge is 2.14. The molecule has 0 fully saturated rings. The van der Waals surface area contributed by atoms with Crippen molar-refractivity contribution in [3.63, 3.8) is 0 Å². The van der Waals surface area contributed by atoms with Crippen LogP contribution in [0.5, 0.6) is 5.75 Å². The van der Waals surface area contributed by atoms with Crippen LogP contribution in [0.2, 0.25) is 0 Å². The van der Waals surface area contributed by atoms with Crippen LogP contribution < -0.4 is 15.6 Å². The molecule has 8 heteroatoms. The molecule has 0 atom stereocenters. The Morgan fingerprint density at radius 2 is 1.96 bits per heavy atom. The van der Waals surface area contributed by atoms with Gasteiger partial charge in [0.25, 0.3) is 5.91 Å². The van der Waals surface area contributed by atoms with E-state index < -0.39 is 11.8 Å². The van der Waals surface area contributed by atoms with E-state index in [0.29, 0.717) is 28.3 Å². The molecule has 0 aliphatic carbocycles. The lowest BCUT2D eigenvalue weighted by atomic mass is 10.1. The fourth-order valence-electron chi connectivity index (χ4n) is 1.96. The molecular weight excluding hydrogens is 312 g/mol. The minimum absolute atomic E-state index is 0.0412. The van der Waals surface area contributed by atoms with E-state index in [1.807, 2.05) is 6.07 Å². The number of ether oxygens (including phenoxy) is 1. The SMILES string of the molecule is Cc1noc(C)c1CC(=O)NNC(=O)COc1ccccc1C#N. The molecule has 2 rings (SSSR count). The Morgan fingerprint density at radius 1 is 1.25 bits per heavy atom. The minimum Gasteiger partial charge on any atom is -0.482 e. The third-order valence-corrected chi connectivity index (χ3v) is 3.23. The summed E-state index contributed by atoms with van der Waals surface area (Å²) in [5.74, 6) is -0.0901. The fraction of sp³-hybridized carbons (Fsp3) is 0.250. The van der Waals surface area contributed by atoms with Gasteiger partial charge in [-0.05, 0) is 26.0 Å². The number of nitrogens with zero attached hydrogens (tertiary/aromatic N) is 2. The molecule has 0 unspecified atom stereocenters. The molecule has 8 nitrogen and oxygen atoms in total. The summed E-state index contributed by atoms with van der Waals surface area (Å²) in [5.41, 5.74) is 6.17. The quantitative estimate of drug-likeness (QED) is 0.789. The van der Waals surface area contributed by atoms with Crippen LogP contribution in [0, 0.1) is 25.2 Å². The van der Waals surface area contributed by atoms with E-state index in [2.05, 4.69) is 16.0 Å². The molecule has 2 amide bonds. The maximum Gasteiger partial charge on any atom is 0.276 e. The second kappa shape index (κ2) is 7.78. The molecule has 0 bridgehead atoms. The van der Waals surface area contributed by atoms with Gasteiger partial charge in [-0.2, -0.15) is 5.26 Å². The van der Waals surface area contributed by atoms with Crippen molar-refractivity contribution in [3.05, 3.63) is 46.8 Å². The van der Waals surface area contributed by atoms with Crippen molar-refractivity contribution in [2.45, 2.75) is 20.3 Å². The van der Waals surface area contributed by atoms with Gasteiger partial charge in [0.15, 0.2) is 6.61 Å². The number of hydrogen-bond donors (Lipinski definition) is 2. The van der Waals surface area contributed by atoms with Gasteiger partial charge in [0.05, 0.1) is 17.7 Å². The highest BCUT2D eigenvalue weighted by Crippen LogP contribution is 2.16. The molecule has 24 heavy (non-hydrogen) atoms. The van der Waals surface area contributed by atoms with Crippen LogP contribution in [0.15, 0.2) is 28.8 Å². The summed E-state index contributed by atoms with van der Waals surface area (Å²) in [5, 5.41) is 12.7. The van der Waals surface area contributed by atoms with Crippen molar-refractivity contribution in [3.8, 4) is 11.8 Å². The number of aryl methyl sites for hydroxylation is 2. The van der Waals surface area contributed by atoms with E-state index in [0.717, 1.165) is 0 Å². The zero-order valence-electron chi connectivity index (χ0n) is 13.3. The van der Waals surface area contributed by atoms with Crippen LogP contribution in [0.3, 0.4) is 0 Å². The molecule has 0 saturated heterocycles. The van der Waals surface area contributed by atoms with Gasteiger partial charge < -0.3 is 9.26 Å². The van der Waals surface area contributed by atoms with Gasteiger partial charge in [0.2, 0.25) is 5.91 Å². The lowest BCUT2D eigenvalue weighted by Gasteiger charge is -2.09. The standard InChI is InChI=1S/C16H16N4O4/c1-10-13(11(2)24-20-10)7-15(21)18-19-16(22)9-23-14-6-4-3-5-12(14)8-17/h3-6H,7,9H2,1-2H3,(H,18,21)(H,19,22). The first-order chi connectivity index (χ1) is 11.5. The van der Waals surface area contributed by atoms with Gasteiger partial charge in [-0.1, -0.05) is 17.3 Å². The van der Waals surface area contributed by atoms with Crippen LogP contribution in [0.1, 0.15) is 22.6 Å². The number of hydrogen-bond acceptors (Lipinski definition) is 6. The molecule has 124 valence electrons. The smallest absolute Gasteiger partial charge is 0.276 e. The van der Waals surface area contributed by atoms with Gasteiger partial charge in [0, 0.05) is 5.56 Å². The average Bonchev–Trinajstić information content (AvgIpc) is 2.90. The van der Waals surface area contributed by atoms with E-state index >= 15 is 0 Å². The number of hydrazine groups is 1. The molecule has 0 radical (unpaired) electrons. The zero-order valence-corrected chi connectivity index (χ0v) is 13.3. The summed E-state index contributed by atoms with van der Waals surface area (Å²) in [7, 11) is 0. The summed E-state index contributed by atoms with van der Waals surface area (Å²) in [6, 6.07) is 8.52. The van der Waals surface area contributed by atoms with Crippen LogP contribution in [0.4, 0.5) is 0 Å². The number of carbonyl (C=O) groups is 2. The Morgan fingerprint density at radius 3 is 2.62 bits per heavy atom. The van der Waals surface area contributed by atoms with Crippen molar-refractivity contribution < 1.29 is 18.8 Å². The summed E-state index contributed by atoms with van der Waals surface area (Å²) in [4.78, 5) is 23.5. The van der Waals surface area contributed by atoms with Crippen molar-refractivity contribution in [1.29, 1.82) is 5.26 Å². The number of aromatic nitrogens is 1. The number of amides is 2. The Balaban J connectivity index is 1.79. The first-order valence-electron chi connectivity index (χ1n) is 7.12. The van der Waals surface area contributed by atoms with Crippen LogP contribution >= 0.6 is 0 Å². The van der Waals surface area contributed by atoms with Crippen molar-refractivity contribution in [2.24, 2.45) is 0 Å². The van der Waals surface area contributed by atoms with Crippen molar-refractivity contribution in [2.75, 3.05) is 6.61 Å². The third-order valence-electron chi connectivity index (χ3n) is 3.23. The molecular formula is C16H16N4O4. The molecule has 0 aliphatic rings. The summed E-state index contributed by atoms with van der Waals surface area (Å²) >= 11 is 0. The molecule has 0 aliphatic heterocycles. The summed E-state index contributed by atoms with van der Waals surface area (Å²) < 4.78 is 10.2. The maximum atomic E-state index is 11.8. The number of carbonyl (C=O) groups excluding carboxylic acids is 2. The lowest BCUT2D eigenvalue weighted by Crippen LogP contribution is -2.44.